The molecule has 0 saturated heterocycles. The summed E-state index contributed by atoms with van der Waals surface area (Å²) in [5.41, 5.74) is 1.56. The normalized spacial score (nSPS) is 11.2. The molecule has 146 valence electrons. The van der Waals surface area contributed by atoms with Gasteiger partial charge in [0.25, 0.3) is 0 Å². The van der Waals surface area contributed by atoms with E-state index in [2.05, 4.69) is 5.32 Å². The maximum Gasteiger partial charge on any atom is 0.232 e. The van der Waals surface area contributed by atoms with Crippen LogP contribution >= 0.6 is 11.8 Å². The van der Waals surface area contributed by atoms with Crippen molar-refractivity contribution in [2.75, 3.05) is 29.4 Å². The Kier molecular flexibility index (Phi) is 8.19. The van der Waals surface area contributed by atoms with Gasteiger partial charge in [-0.1, -0.05) is 36.4 Å². The average molecular weight is 407 g/mol. The minimum Gasteiger partial charge on any atom is -0.355 e. The van der Waals surface area contributed by atoms with E-state index in [-0.39, 0.29) is 12.5 Å². The summed E-state index contributed by atoms with van der Waals surface area (Å²) < 4.78 is 25.6. The number of sulfonamides is 1. The van der Waals surface area contributed by atoms with Crippen molar-refractivity contribution in [2.45, 2.75) is 24.7 Å². The fourth-order valence-electron chi connectivity index (χ4n) is 2.66. The third-order valence-electron chi connectivity index (χ3n) is 3.99. The van der Waals surface area contributed by atoms with Gasteiger partial charge in [-0.3, -0.25) is 9.10 Å². The Morgan fingerprint density at radius 1 is 1.07 bits per heavy atom. The van der Waals surface area contributed by atoms with Crippen LogP contribution in [0.25, 0.3) is 0 Å². The zero-order valence-electron chi connectivity index (χ0n) is 15.7. The van der Waals surface area contributed by atoms with Gasteiger partial charge in [-0.2, -0.15) is 0 Å². The Bertz CT molecular complexity index is 839. The Morgan fingerprint density at radius 3 is 2.41 bits per heavy atom. The number of anilines is 1. The third kappa shape index (κ3) is 7.27. The summed E-state index contributed by atoms with van der Waals surface area (Å²) in [4.78, 5) is 13.2. The second-order valence-electron chi connectivity index (χ2n) is 6.24. The van der Waals surface area contributed by atoms with E-state index in [9.17, 15) is 13.2 Å². The lowest BCUT2D eigenvalue weighted by molar-refractivity contribution is -0.121. The van der Waals surface area contributed by atoms with Crippen molar-refractivity contribution >= 4 is 33.4 Å². The minimum absolute atomic E-state index is 0.0538. The Balaban J connectivity index is 1.76. The van der Waals surface area contributed by atoms with E-state index in [1.54, 1.807) is 17.8 Å². The first-order valence-corrected chi connectivity index (χ1v) is 11.7. The fourth-order valence-corrected chi connectivity index (χ4v) is 4.47. The van der Waals surface area contributed by atoms with Crippen LogP contribution in [0.5, 0.6) is 0 Å². The molecule has 2 aromatic carbocycles. The second-order valence-corrected chi connectivity index (χ2v) is 9.31. The molecule has 0 aliphatic rings. The molecule has 0 heterocycles. The van der Waals surface area contributed by atoms with Crippen molar-refractivity contribution in [3.8, 4) is 0 Å². The molecule has 1 N–H and O–H groups in total. The van der Waals surface area contributed by atoms with Gasteiger partial charge in [-0.25, -0.2) is 8.42 Å². The van der Waals surface area contributed by atoms with E-state index in [4.69, 9.17) is 0 Å². The molecule has 2 aromatic rings. The van der Waals surface area contributed by atoms with Gasteiger partial charge in [0.1, 0.15) is 0 Å². The molecule has 0 radical (unpaired) electrons. The molecule has 2 rings (SSSR count). The number of amides is 1. The monoisotopic (exact) mass is 406 g/mol. The Labute approximate surface area is 166 Å². The van der Waals surface area contributed by atoms with Crippen molar-refractivity contribution in [3.05, 3.63) is 60.2 Å². The maximum atomic E-state index is 12.1. The number of nitrogens with one attached hydrogen (secondary N) is 1. The van der Waals surface area contributed by atoms with Gasteiger partial charge < -0.3 is 5.32 Å². The molecular weight excluding hydrogens is 380 g/mol. The van der Waals surface area contributed by atoms with Gasteiger partial charge in [0.05, 0.1) is 11.9 Å². The second kappa shape index (κ2) is 10.4. The van der Waals surface area contributed by atoms with E-state index >= 15 is 0 Å². The van der Waals surface area contributed by atoms with Crippen molar-refractivity contribution in [2.24, 2.45) is 0 Å². The molecule has 7 heteroatoms. The largest absolute Gasteiger partial charge is 0.355 e. The van der Waals surface area contributed by atoms with E-state index < -0.39 is 10.0 Å². The molecule has 0 fully saturated rings. The van der Waals surface area contributed by atoms with Crippen LogP contribution in [0.2, 0.25) is 0 Å². The first-order valence-electron chi connectivity index (χ1n) is 8.86. The number of nitrogens with zero attached hydrogens (tertiary/aromatic N) is 1. The fraction of sp³-hybridized carbons (Fsp3) is 0.350. The molecule has 0 atom stereocenters. The first kappa shape index (κ1) is 21.3. The molecule has 0 aliphatic carbocycles. The van der Waals surface area contributed by atoms with Crippen LogP contribution in [0.3, 0.4) is 0 Å². The molecule has 5 nitrogen and oxygen atoms in total. The summed E-state index contributed by atoms with van der Waals surface area (Å²) >= 11 is 1.69. The Morgan fingerprint density at radius 2 is 1.74 bits per heavy atom. The van der Waals surface area contributed by atoms with Crippen LogP contribution in [0.15, 0.2) is 59.5 Å². The highest BCUT2D eigenvalue weighted by molar-refractivity contribution is 7.99. The van der Waals surface area contributed by atoms with E-state index in [0.29, 0.717) is 25.1 Å². The highest BCUT2D eigenvalue weighted by Crippen LogP contribution is 2.22. The lowest BCUT2D eigenvalue weighted by atomic mass is 10.2. The van der Waals surface area contributed by atoms with Crippen molar-refractivity contribution in [1.29, 1.82) is 0 Å². The molecule has 0 aromatic heterocycles. The zero-order valence-corrected chi connectivity index (χ0v) is 17.4. The lowest BCUT2D eigenvalue weighted by Gasteiger charge is -2.24. The molecule has 0 unspecified atom stereocenters. The van der Waals surface area contributed by atoms with Crippen LogP contribution in [0.1, 0.15) is 18.4 Å². The smallest absolute Gasteiger partial charge is 0.232 e. The van der Waals surface area contributed by atoms with Crippen LogP contribution in [0.4, 0.5) is 5.69 Å². The number of para-hydroxylation sites is 1. The zero-order chi connectivity index (χ0) is 19.7. The molecule has 27 heavy (non-hydrogen) atoms. The summed E-state index contributed by atoms with van der Waals surface area (Å²) in [7, 11) is -3.39. The van der Waals surface area contributed by atoms with Crippen molar-refractivity contribution < 1.29 is 13.2 Å². The van der Waals surface area contributed by atoms with Gasteiger partial charge in [-0.15, -0.1) is 11.8 Å². The topological polar surface area (TPSA) is 66.5 Å². The van der Waals surface area contributed by atoms with Crippen LogP contribution in [-0.2, 0) is 14.8 Å². The van der Waals surface area contributed by atoms with Crippen molar-refractivity contribution in [1.82, 2.24) is 5.32 Å². The quantitative estimate of drug-likeness (QED) is 0.485. The number of thioether (sulfide) groups is 1. The third-order valence-corrected chi connectivity index (χ3v) is 6.18. The Hall–Kier alpha value is -1.99. The van der Waals surface area contributed by atoms with Gasteiger partial charge in [0.15, 0.2) is 0 Å². The predicted octanol–water partition coefficient (Wildman–Crippen LogP) is 3.45. The van der Waals surface area contributed by atoms with Gasteiger partial charge in [0, 0.05) is 30.2 Å². The van der Waals surface area contributed by atoms with Crippen LogP contribution in [0, 0.1) is 6.92 Å². The number of benzene rings is 2. The van der Waals surface area contributed by atoms with Crippen molar-refractivity contribution in [3.63, 3.8) is 0 Å². The SMILES string of the molecule is Cc1ccccc1N(CCCC(=O)NCCSc1ccccc1)S(C)(=O)=O. The molecule has 1 amide bonds. The number of aryl methyl sites for hydroxylation is 1. The summed E-state index contributed by atoms with van der Waals surface area (Å²) in [6.07, 6.45) is 1.97. The summed E-state index contributed by atoms with van der Waals surface area (Å²) in [5, 5.41) is 2.89. The number of hydrogen-bond acceptors (Lipinski definition) is 4. The first-order chi connectivity index (χ1) is 12.9. The van der Waals surface area contributed by atoms with Crippen LogP contribution in [-0.4, -0.2) is 39.4 Å². The summed E-state index contributed by atoms with van der Waals surface area (Å²) in [6.45, 7) is 2.76. The molecule has 0 aliphatic heterocycles. The van der Waals surface area contributed by atoms with Gasteiger partial charge >= 0.3 is 0 Å². The summed E-state index contributed by atoms with van der Waals surface area (Å²) in [5.74, 6) is 0.746. The van der Waals surface area contributed by atoms with E-state index in [0.717, 1.165) is 11.3 Å². The lowest BCUT2D eigenvalue weighted by Crippen LogP contribution is -2.33. The van der Waals surface area contributed by atoms with E-state index in [1.807, 2.05) is 55.5 Å². The maximum absolute atomic E-state index is 12.1. The molecule has 0 bridgehead atoms. The summed E-state index contributed by atoms with van der Waals surface area (Å²) in [6, 6.07) is 17.4. The van der Waals surface area contributed by atoms with Gasteiger partial charge in [-0.05, 0) is 37.1 Å². The standard InChI is InChI=1S/C20H26N2O3S2/c1-17-9-6-7-12-19(17)22(27(2,24)25)15-8-13-20(23)21-14-16-26-18-10-4-3-5-11-18/h3-7,9-12H,8,13-16H2,1-2H3,(H,21,23). The predicted molar refractivity (Wildman–Crippen MR) is 113 cm³/mol. The number of hydrogen-bond donors (Lipinski definition) is 1. The number of carbonyl (C=O) groups excluding carboxylic acids is 1. The highest BCUT2D eigenvalue weighted by Gasteiger charge is 2.18. The van der Waals surface area contributed by atoms with Gasteiger partial charge in [0.2, 0.25) is 15.9 Å². The van der Waals surface area contributed by atoms with E-state index in [1.165, 1.54) is 15.5 Å². The molecule has 0 saturated carbocycles. The minimum atomic E-state index is -3.39. The number of carbonyl (C=O) groups is 1. The molecule has 0 spiro atoms. The highest BCUT2D eigenvalue weighted by atomic mass is 32.2. The van der Waals surface area contributed by atoms with Crippen LogP contribution < -0.4 is 9.62 Å². The molecular formula is C20H26N2O3S2. The average Bonchev–Trinajstić information content (AvgIpc) is 2.63. The number of rotatable bonds is 10.